The van der Waals surface area contributed by atoms with Crippen LogP contribution in [0.15, 0.2) is 42.5 Å². The number of carbonyl (C=O) groups excluding carboxylic acids is 2. The molecule has 25 heavy (non-hydrogen) atoms. The summed E-state index contributed by atoms with van der Waals surface area (Å²) in [4.78, 5) is 23.5. The quantitative estimate of drug-likeness (QED) is 0.811. The highest BCUT2D eigenvalue weighted by molar-refractivity contribution is 6.30. The zero-order valence-electron chi connectivity index (χ0n) is 13.8. The van der Waals surface area contributed by atoms with Crippen molar-refractivity contribution in [1.29, 1.82) is 0 Å². The normalized spacial score (nSPS) is 10.4. The van der Waals surface area contributed by atoms with Crippen LogP contribution >= 0.6 is 11.6 Å². The number of anilines is 2. The molecule has 132 valence electrons. The second-order valence-electron chi connectivity index (χ2n) is 5.63. The van der Waals surface area contributed by atoms with Crippen LogP contribution in [-0.2, 0) is 9.59 Å². The van der Waals surface area contributed by atoms with E-state index in [4.69, 9.17) is 16.3 Å². The zero-order valence-corrected chi connectivity index (χ0v) is 14.6. The first-order valence-corrected chi connectivity index (χ1v) is 8.01. The minimum atomic E-state index is -0.553. The van der Waals surface area contributed by atoms with Gasteiger partial charge < -0.3 is 15.4 Å². The van der Waals surface area contributed by atoms with Gasteiger partial charge in [0.05, 0.1) is 5.02 Å². The van der Waals surface area contributed by atoms with Crippen molar-refractivity contribution in [3.63, 3.8) is 0 Å². The molecule has 2 rings (SSSR count). The van der Waals surface area contributed by atoms with Crippen LogP contribution in [0.5, 0.6) is 5.75 Å². The van der Waals surface area contributed by atoms with Crippen LogP contribution in [0, 0.1) is 11.7 Å². The summed E-state index contributed by atoms with van der Waals surface area (Å²) in [6.07, 6.45) is 0. The van der Waals surface area contributed by atoms with Crippen LogP contribution in [0.2, 0.25) is 5.02 Å². The summed E-state index contributed by atoms with van der Waals surface area (Å²) in [5.74, 6) is -0.824. The lowest BCUT2D eigenvalue weighted by Crippen LogP contribution is -2.20. The van der Waals surface area contributed by atoms with Gasteiger partial charge in [-0.15, -0.1) is 0 Å². The van der Waals surface area contributed by atoms with Crippen molar-refractivity contribution >= 4 is 34.8 Å². The van der Waals surface area contributed by atoms with E-state index in [0.29, 0.717) is 17.1 Å². The third-order valence-electron chi connectivity index (χ3n) is 3.22. The zero-order chi connectivity index (χ0) is 18.4. The van der Waals surface area contributed by atoms with Gasteiger partial charge in [-0.25, -0.2) is 4.39 Å². The number of hydrogen-bond donors (Lipinski definition) is 2. The fourth-order valence-electron chi connectivity index (χ4n) is 1.84. The molecule has 5 nitrogen and oxygen atoms in total. The van der Waals surface area contributed by atoms with E-state index < -0.39 is 5.82 Å². The van der Waals surface area contributed by atoms with Crippen molar-refractivity contribution < 1.29 is 18.7 Å². The van der Waals surface area contributed by atoms with Crippen molar-refractivity contribution in [3.05, 3.63) is 53.3 Å². The fourth-order valence-corrected chi connectivity index (χ4v) is 2.01. The molecule has 2 amide bonds. The van der Waals surface area contributed by atoms with Gasteiger partial charge >= 0.3 is 0 Å². The molecule has 0 bridgehead atoms. The molecule has 0 fully saturated rings. The summed E-state index contributed by atoms with van der Waals surface area (Å²) in [6, 6.07) is 10.6. The minimum absolute atomic E-state index is 0.0723. The average Bonchev–Trinajstić information content (AvgIpc) is 2.57. The third kappa shape index (κ3) is 5.76. The molecule has 7 heteroatoms. The van der Waals surface area contributed by atoms with Crippen molar-refractivity contribution in [2.24, 2.45) is 5.92 Å². The van der Waals surface area contributed by atoms with E-state index in [1.54, 1.807) is 38.1 Å². The molecule has 0 heterocycles. The molecule has 0 aliphatic heterocycles. The Balaban J connectivity index is 1.85. The van der Waals surface area contributed by atoms with Gasteiger partial charge in [0.2, 0.25) is 5.91 Å². The van der Waals surface area contributed by atoms with Gasteiger partial charge in [-0.3, -0.25) is 9.59 Å². The summed E-state index contributed by atoms with van der Waals surface area (Å²) < 4.78 is 18.3. The molecule has 0 aromatic heterocycles. The van der Waals surface area contributed by atoms with Gasteiger partial charge in [-0.05, 0) is 36.4 Å². The van der Waals surface area contributed by atoms with Crippen LogP contribution in [0.25, 0.3) is 0 Å². The van der Waals surface area contributed by atoms with Gasteiger partial charge in [0.15, 0.2) is 6.61 Å². The highest BCUT2D eigenvalue weighted by Gasteiger charge is 2.08. The van der Waals surface area contributed by atoms with Gasteiger partial charge in [0.25, 0.3) is 5.91 Å². The molecular weight excluding hydrogens is 347 g/mol. The molecule has 0 spiro atoms. The number of amides is 2. The molecule has 0 aliphatic rings. The van der Waals surface area contributed by atoms with E-state index in [0.717, 1.165) is 0 Å². The summed E-state index contributed by atoms with van der Waals surface area (Å²) in [5.41, 5.74) is 1.21. The van der Waals surface area contributed by atoms with Crippen LogP contribution in [0.1, 0.15) is 13.8 Å². The van der Waals surface area contributed by atoms with Crippen LogP contribution in [-0.4, -0.2) is 18.4 Å². The number of rotatable bonds is 6. The molecule has 0 atom stereocenters. The van der Waals surface area contributed by atoms with E-state index in [2.05, 4.69) is 10.6 Å². The van der Waals surface area contributed by atoms with Gasteiger partial charge in [-0.1, -0.05) is 25.4 Å². The monoisotopic (exact) mass is 364 g/mol. The Labute approximate surface area is 150 Å². The van der Waals surface area contributed by atoms with Gasteiger partial charge in [0.1, 0.15) is 11.6 Å². The van der Waals surface area contributed by atoms with Gasteiger partial charge in [0, 0.05) is 23.4 Å². The molecule has 0 saturated heterocycles. The van der Waals surface area contributed by atoms with Crippen molar-refractivity contribution in [2.45, 2.75) is 13.8 Å². The summed E-state index contributed by atoms with van der Waals surface area (Å²) >= 11 is 5.64. The third-order valence-corrected chi connectivity index (χ3v) is 3.51. The lowest BCUT2D eigenvalue weighted by atomic mass is 10.2. The Morgan fingerprint density at radius 1 is 1.08 bits per heavy atom. The minimum Gasteiger partial charge on any atom is -0.484 e. The smallest absolute Gasteiger partial charge is 0.262 e. The maximum Gasteiger partial charge on any atom is 0.262 e. The Morgan fingerprint density at radius 3 is 2.24 bits per heavy atom. The van der Waals surface area contributed by atoms with Crippen molar-refractivity contribution in [1.82, 2.24) is 0 Å². The summed E-state index contributed by atoms with van der Waals surface area (Å²) in [5, 5.41) is 5.34. The van der Waals surface area contributed by atoms with Crippen molar-refractivity contribution in [3.8, 4) is 5.75 Å². The molecule has 2 aromatic rings. The first-order chi connectivity index (χ1) is 11.8. The number of carbonyl (C=O) groups is 2. The Kier molecular flexibility index (Phi) is 6.36. The van der Waals surface area contributed by atoms with Crippen LogP contribution in [0.4, 0.5) is 15.8 Å². The van der Waals surface area contributed by atoms with Crippen LogP contribution < -0.4 is 15.4 Å². The number of halogens is 2. The average molecular weight is 365 g/mol. The van der Waals surface area contributed by atoms with E-state index in [-0.39, 0.29) is 29.4 Å². The number of nitrogens with one attached hydrogen (secondary N) is 2. The molecule has 2 aromatic carbocycles. The lowest BCUT2D eigenvalue weighted by Gasteiger charge is -2.10. The maximum absolute atomic E-state index is 13.0. The van der Waals surface area contributed by atoms with E-state index in [1.807, 2.05) is 0 Å². The first-order valence-electron chi connectivity index (χ1n) is 7.64. The molecule has 0 radical (unpaired) electrons. The van der Waals surface area contributed by atoms with E-state index in [1.165, 1.54) is 18.2 Å². The second-order valence-corrected chi connectivity index (χ2v) is 6.04. The summed E-state index contributed by atoms with van der Waals surface area (Å²) in [6.45, 7) is 3.37. The summed E-state index contributed by atoms with van der Waals surface area (Å²) in [7, 11) is 0. The second kappa shape index (κ2) is 8.48. The number of benzene rings is 2. The van der Waals surface area contributed by atoms with E-state index >= 15 is 0 Å². The predicted octanol–water partition coefficient (Wildman–Crippen LogP) is 4.09. The van der Waals surface area contributed by atoms with E-state index in [9.17, 15) is 14.0 Å². The number of hydrogen-bond acceptors (Lipinski definition) is 3. The molecular formula is C18H18ClFN2O3. The van der Waals surface area contributed by atoms with Crippen molar-refractivity contribution in [2.75, 3.05) is 17.2 Å². The molecule has 0 unspecified atom stereocenters. The molecule has 2 N–H and O–H groups in total. The first kappa shape index (κ1) is 18.7. The SMILES string of the molecule is CC(C)C(=O)Nc1ccc(NC(=O)COc2ccc(F)c(Cl)c2)cc1. The maximum atomic E-state index is 13.0. The Morgan fingerprint density at radius 2 is 1.68 bits per heavy atom. The predicted molar refractivity (Wildman–Crippen MR) is 95.4 cm³/mol. The van der Waals surface area contributed by atoms with Gasteiger partial charge in [-0.2, -0.15) is 0 Å². The fraction of sp³-hybridized carbons (Fsp3) is 0.222. The lowest BCUT2D eigenvalue weighted by molar-refractivity contribution is -0.119. The number of ether oxygens (including phenoxy) is 1. The molecule has 0 saturated carbocycles. The Bertz CT molecular complexity index is 763. The topological polar surface area (TPSA) is 67.4 Å². The van der Waals surface area contributed by atoms with Crippen LogP contribution in [0.3, 0.4) is 0 Å². The Hall–Kier alpha value is -2.60. The standard InChI is InChI=1S/C18H18ClFN2O3/c1-11(2)18(24)22-13-5-3-12(4-6-13)21-17(23)10-25-14-7-8-16(20)15(19)9-14/h3-9,11H,10H2,1-2H3,(H,21,23)(H,22,24). The highest BCUT2D eigenvalue weighted by Crippen LogP contribution is 2.21. The highest BCUT2D eigenvalue weighted by atomic mass is 35.5. The molecule has 0 aliphatic carbocycles. The largest absolute Gasteiger partial charge is 0.484 e.